The predicted octanol–water partition coefficient (Wildman–Crippen LogP) is 3.52. The van der Waals surface area contributed by atoms with E-state index >= 15 is 0 Å². The Bertz CT molecular complexity index is 825. The van der Waals surface area contributed by atoms with Crippen LogP contribution in [0.2, 0.25) is 0 Å². The number of carbonyl (C=O) groups is 1. The van der Waals surface area contributed by atoms with Gasteiger partial charge in [0, 0.05) is 32.1 Å². The van der Waals surface area contributed by atoms with Crippen molar-refractivity contribution in [3.63, 3.8) is 0 Å². The topological polar surface area (TPSA) is 76.8 Å². The first kappa shape index (κ1) is 20.0. The van der Waals surface area contributed by atoms with Crippen molar-refractivity contribution in [1.82, 2.24) is 10.3 Å². The number of amides is 1. The number of nitrogens with one attached hydrogen (secondary N) is 1. The monoisotopic (exact) mass is 401 g/mol. The summed E-state index contributed by atoms with van der Waals surface area (Å²) in [6, 6.07) is 6.59. The summed E-state index contributed by atoms with van der Waals surface area (Å²) in [6.45, 7) is 6.50. The standard InChI is InChI=1S/C22H31N3O4/c1-15(23-16(2)26)13-27-18-8-10-25(11-9-18)22-24-20-7-6-19(12-21(20)29-22)28-14-17-4-3-5-17/h6-7,12,15,17-18H,3-5,8-11,13-14H2,1-2H3,(H,23,26)/t15-/m0/s1. The van der Waals surface area contributed by atoms with Crippen LogP contribution in [0.25, 0.3) is 11.1 Å². The van der Waals surface area contributed by atoms with Crippen LogP contribution in [0.3, 0.4) is 0 Å². The second-order valence-corrected chi connectivity index (χ2v) is 8.36. The van der Waals surface area contributed by atoms with Crippen LogP contribution >= 0.6 is 0 Å². The number of ether oxygens (including phenoxy) is 2. The third-order valence-corrected chi connectivity index (χ3v) is 5.80. The number of carbonyl (C=O) groups excluding carboxylic acids is 1. The van der Waals surface area contributed by atoms with Crippen LogP contribution in [-0.2, 0) is 9.53 Å². The summed E-state index contributed by atoms with van der Waals surface area (Å²) >= 11 is 0. The second-order valence-electron chi connectivity index (χ2n) is 8.36. The number of aromatic nitrogens is 1. The van der Waals surface area contributed by atoms with E-state index in [0.29, 0.717) is 18.5 Å². The molecule has 1 aromatic carbocycles. The highest BCUT2D eigenvalue weighted by molar-refractivity contribution is 5.76. The number of anilines is 1. The lowest BCUT2D eigenvalue weighted by atomic mass is 9.86. The number of piperidine rings is 1. The zero-order chi connectivity index (χ0) is 20.2. The van der Waals surface area contributed by atoms with E-state index in [1.54, 1.807) is 0 Å². The van der Waals surface area contributed by atoms with E-state index in [9.17, 15) is 4.79 Å². The third kappa shape index (κ3) is 5.21. The van der Waals surface area contributed by atoms with Crippen molar-refractivity contribution in [2.24, 2.45) is 5.92 Å². The van der Waals surface area contributed by atoms with E-state index in [1.807, 2.05) is 25.1 Å². The average Bonchev–Trinajstić information content (AvgIpc) is 3.08. The summed E-state index contributed by atoms with van der Waals surface area (Å²) in [4.78, 5) is 17.9. The Morgan fingerprint density at radius 2 is 2.10 bits per heavy atom. The molecule has 1 atom stereocenters. The van der Waals surface area contributed by atoms with Gasteiger partial charge in [-0.05, 0) is 50.7 Å². The Hall–Kier alpha value is -2.28. The predicted molar refractivity (Wildman–Crippen MR) is 111 cm³/mol. The zero-order valence-corrected chi connectivity index (χ0v) is 17.4. The first-order valence-electron chi connectivity index (χ1n) is 10.7. The molecule has 4 rings (SSSR count). The Morgan fingerprint density at radius 3 is 2.79 bits per heavy atom. The Kier molecular flexibility index (Phi) is 6.23. The highest BCUT2D eigenvalue weighted by Gasteiger charge is 2.24. The van der Waals surface area contributed by atoms with E-state index in [1.165, 1.54) is 26.2 Å². The minimum atomic E-state index is -0.0246. The molecule has 2 heterocycles. The van der Waals surface area contributed by atoms with Gasteiger partial charge in [0.2, 0.25) is 5.91 Å². The average molecular weight is 402 g/mol. The van der Waals surface area contributed by atoms with Gasteiger partial charge >= 0.3 is 0 Å². The molecule has 1 N–H and O–H groups in total. The number of hydrogen-bond acceptors (Lipinski definition) is 6. The summed E-state index contributed by atoms with van der Waals surface area (Å²) in [5.41, 5.74) is 1.63. The molecule has 0 unspecified atom stereocenters. The van der Waals surface area contributed by atoms with E-state index < -0.39 is 0 Å². The van der Waals surface area contributed by atoms with Crippen LogP contribution in [0.1, 0.15) is 46.0 Å². The molecule has 7 heteroatoms. The molecule has 0 spiro atoms. The Balaban J connectivity index is 1.28. The lowest BCUT2D eigenvalue weighted by Gasteiger charge is -2.31. The minimum Gasteiger partial charge on any atom is -0.493 e. The summed E-state index contributed by atoms with van der Waals surface area (Å²) in [5, 5.41) is 2.85. The smallest absolute Gasteiger partial charge is 0.298 e. The van der Waals surface area contributed by atoms with Gasteiger partial charge in [0.15, 0.2) is 5.58 Å². The van der Waals surface area contributed by atoms with Crippen LogP contribution in [-0.4, -0.2) is 49.3 Å². The van der Waals surface area contributed by atoms with Gasteiger partial charge in [-0.15, -0.1) is 0 Å². The summed E-state index contributed by atoms with van der Waals surface area (Å²) in [7, 11) is 0. The highest BCUT2D eigenvalue weighted by atomic mass is 16.5. The number of nitrogens with zero attached hydrogens (tertiary/aromatic N) is 2. The number of benzene rings is 1. The second kappa shape index (κ2) is 9.03. The van der Waals surface area contributed by atoms with Crippen molar-refractivity contribution in [2.45, 2.75) is 58.1 Å². The van der Waals surface area contributed by atoms with Crippen LogP contribution < -0.4 is 15.0 Å². The maximum Gasteiger partial charge on any atom is 0.298 e. The van der Waals surface area contributed by atoms with E-state index in [0.717, 1.165) is 49.4 Å². The molecular formula is C22H31N3O4. The SMILES string of the molecule is CC(=O)N[C@@H](C)COC1CCN(c2nc3ccc(OCC4CCC4)cc3o2)CC1. The van der Waals surface area contributed by atoms with Gasteiger partial charge in [0.1, 0.15) is 11.3 Å². The molecule has 1 amide bonds. The fraction of sp³-hybridized carbons (Fsp3) is 0.636. The largest absolute Gasteiger partial charge is 0.493 e. The molecule has 158 valence electrons. The van der Waals surface area contributed by atoms with Gasteiger partial charge < -0.3 is 24.1 Å². The third-order valence-electron chi connectivity index (χ3n) is 5.80. The van der Waals surface area contributed by atoms with E-state index in [4.69, 9.17) is 13.9 Å². The van der Waals surface area contributed by atoms with Crippen molar-refractivity contribution < 1.29 is 18.7 Å². The van der Waals surface area contributed by atoms with E-state index in [2.05, 4.69) is 15.2 Å². The van der Waals surface area contributed by atoms with Gasteiger partial charge in [-0.2, -0.15) is 4.98 Å². The minimum absolute atomic E-state index is 0.0246. The highest BCUT2D eigenvalue weighted by Crippen LogP contribution is 2.30. The number of hydrogen-bond donors (Lipinski definition) is 1. The van der Waals surface area contributed by atoms with Crippen molar-refractivity contribution in [3.05, 3.63) is 18.2 Å². The molecule has 2 aliphatic rings. The van der Waals surface area contributed by atoms with Crippen molar-refractivity contribution in [1.29, 1.82) is 0 Å². The van der Waals surface area contributed by atoms with Crippen LogP contribution in [0.15, 0.2) is 22.6 Å². The Morgan fingerprint density at radius 1 is 1.31 bits per heavy atom. The number of oxazole rings is 1. The van der Waals surface area contributed by atoms with Crippen molar-refractivity contribution in [3.8, 4) is 5.75 Å². The molecule has 0 bridgehead atoms. The molecule has 1 aromatic heterocycles. The van der Waals surface area contributed by atoms with Gasteiger partial charge in [0.05, 0.1) is 19.3 Å². The normalized spacial score (nSPS) is 19.2. The van der Waals surface area contributed by atoms with E-state index in [-0.39, 0.29) is 18.1 Å². The van der Waals surface area contributed by atoms with Crippen LogP contribution in [0.5, 0.6) is 5.75 Å². The quantitative estimate of drug-likeness (QED) is 0.729. The van der Waals surface area contributed by atoms with Crippen LogP contribution in [0.4, 0.5) is 6.01 Å². The first-order valence-corrected chi connectivity index (χ1v) is 10.7. The maximum atomic E-state index is 11.1. The fourth-order valence-corrected chi connectivity index (χ4v) is 3.87. The molecule has 7 nitrogen and oxygen atoms in total. The number of fused-ring (bicyclic) bond motifs is 1. The van der Waals surface area contributed by atoms with Crippen molar-refractivity contribution >= 4 is 23.0 Å². The summed E-state index contributed by atoms with van der Waals surface area (Å²) in [5.74, 6) is 1.54. The molecule has 1 saturated heterocycles. The molecule has 0 radical (unpaired) electrons. The van der Waals surface area contributed by atoms with Gasteiger partial charge in [-0.1, -0.05) is 6.42 Å². The number of rotatable bonds is 8. The molecule has 1 saturated carbocycles. The van der Waals surface area contributed by atoms with Gasteiger partial charge in [-0.3, -0.25) is 4.79 Å². The molecule has 2 aromatic rings. The molecule has 2 fully saturated rings. The lowest BCUT2D eigenvalue weighted by molar-refractivity contribution is -0.120. The summed E-state index contributed by atoms with van der Waals surface area (Å²) in [6.07, 6.45) is 5.93. The first-order chi connectivity index (χ1) is 14.1. The zero-order valence-electron chi connectivity index (χ0n) is 17.4. The Labute approximate surface area is 171 Å². The molecule has 1 aliphatic heterocycles. The van der Waals surface area contributed by atoms with Gasteiger partial charge in [-0.25, -0.2) is 0 Å². The van der Waals surface area contributed by atoms with Gasteiger partial charge in [0.25, 0.3) is 6.01 Å². The van der Waals surface area contributed by atoms with Crippen LogP contribution in [0, 0.1) is 5.92 Å². The molecule has 29 heavy (non-hydrogen) atoms. The maximum absolute atomic E-state index is 11.1. The molecular weight excluding hydrogens is 370 g/mol. The lowest BCUT2D eigenvalue weighted by Crippen LogP contribution is -2.40. The molecule has 1 aliphatic carbocycles. The fourth-order valence-electron chi connectivity index (χ4n) is 3.87. The van der Waals surface area contributed by atoms with Crippen molar-refractivity contribution in [2.75, 3.05) is 31.2 Å². The summed E-state index contributed by atoms with van der Waals surface area (Å²) < 4.78 is 17.9.